The molecule has 0 aliphatic carbocycles. The zero-order valence-electron chi connectivity index (χ0n) is 9.22. The number of benzene rings is 1. The second-order valence-corrected chi connectivity index (χ2v) is 3.49. The van der Waals surface area contributed by atoms with Gasteiger partial charge in [-0.1, -0.05) is 0 Å². The quantitative estimate of drug-likeness (QED) is 0.641. The van der Waals surface area contributed by atoms with Crippen molar-refractivity contribution in [3.63, 3.8) is 0 Å². The normalized spacial score (nSPS) is 13.5. The average Bonchev–Trinajstić information content (AvgIpc) is 2.25. The molecule has 0 aliphatic heterocycles. The van der Waals surface area contributed by atoms with E-state index in [0.29, 0.717) is 5.69 Å². The van der Waals surface area contributed by atoms with Gasteiger partial charge in [-0.2, -0.15) is 13.2 Å². The molecule has 1 atom stereocenters. The van der Waals surface area contributed by atoms with Crippen molar-refractivity contribution >= 4 is 5.69 Å². The fourth-order valence-electron chi connectivity index (χ4n) is 1.09. The molecule has 17 heavy (non-hydrogen) atoms. The van der Waals surface area contributed by atoms with E-state index in [1.807, 2.05) is 0 Å². The Hall–Kier alpha value is -1.30. The lowest BCUT2D eigenvalue weighted by molar-refractivity contribution is -0.213. The van der Waals surface area contributed by atoms with E-state index in [0.717, 1.165) is 6.92 Å². The molecular formula is C11H13F4NO. The number of anilines is 1. The molecule has 0 heterocycles. The highest BCUT2D eigenvalue weighted by Gasteiger charge is 2.36. The fourth-order valence-corrected chi connectivity index (χ4v) is 1.09. The topological polar surface area (TPSA) is 21.3 Å². The van der Waals surface area contributed by atoms with Crippen LogP contribution < -0.4 is 5.32 Å². The second kappa shape index (κ2) is 5.86. The minimum atomic E-state index is -4.34. The summed E-state index contributed by atoms with van der Waals surface area (Å²) in [6.45, 7) is 1.11. The third-order valence-corrected chi connectivity index (χ3v) is 2.10. The average molecular weight is 251 g/mol. The van der Waals surface area contributed by atoms with Crippen molar-refractivity contribution < 1.29 is 22.3 Å². The van der Waals surface area contributed by atoms with Gasteiger partial charge in [0.05, 0.1) is 6.61 Å². The molecule has 1 aromatic carbocycles. The molecule has 0 radical (unpaired) electrons. The summed E-state index contributed by atoms with van der Waals surface area (Å²) >= 11 is 0. The lowest BCUT2D eigenvalue weighted by Gasteiger charge is -2.16. The molecule has 0 spiro atoms. The molecule has 96 valence electrons. The summed E-state index contributed by atoms with van der Waals surface area (Å²) in [5, 5.41) is 2.82. The van der Waals surface area contributed by atoms with Crippen LogP contribution in [0.25, 0.3) is 0 Å². The van der Waals surface area contributed by atoms with Crippen LogP contribution in [-0.2, 0) is 4.74 Å². The van der Waals surface area contributed by atoms with Crippen LogP contribution in [0.15, 0.2) is 24.3 Å². The molecule has 1 unspecified atom stereocenters. The van der Waals surface area contributed by atoms with E-state index in [2.05, 4.69) is 10.1 Å². The highest BCUT2D eigenvalue weighted by atomic mass is 19.4. The minimum Gasteiger partial charge on any atom is -0.383 e. The lowest BCUT2D eigenvalue weighted by atomic mass is 10.3. The fraction of sp³-hybridized carbons (Fsp3) is 0.455. The van der Waals surface area contributed by atoms with Gasteiger partial charge in [-0.25, -0.2) is 4.39 Å². The Labute approximate surface area is 96.6 Å². The van der Waals surface area contributed by atoms with Crippen LogP contribution in [0.5, 0.6) is 0 Å². The van der Waals surface area contributed by atoms with Crippen molar-refractivity contribution in [3.05, 3.63) is 30.1 Å². The number of ether oxygens (including phenoxy) is 1. The Balaban J connectivity index is 2.23. The van der Waals surface area contributed by atoms with Crippen molar-refractivity contribution in [2.24, 2.45) is 0 Å². The van der Waals surface area contributed by atoms with Gasteiger partial charge in [-0.15, -0.1) is 0 Å². The lowest BCUT2D eigenvalue weighted by Crippen LogP contribution is -2.30. The Morgan fingerprint density at radius 1 is 1.24 bits per heavy atom. The van der Waals surface area contributed by atoms with E-state index >= 15 is 0 Å². The van der Waals surface area contributed by atoms with E-state index in [1.165, 1.54) is 24.3 Å². The monoisotopic (exact) mass is 251 g/mol. The summed E-state index contributed by atoms with van der Waals surface area (Å²) in [6, 6.07) is 5.54. The molecule has 0 amide bonds. The summed E-state index contributed by atoms with van der Waals surface area (Å²) in [4.78, 5) is 0. The summed E-state index contributed by atoms with van der Waals surface area (Å²) < 4.78 is 53.3. The highest BCUT2D eigenvalue weighted by molar-refractivity contribution is 5.42. The van der Waals surface area contributed by atoms with Gasteiger partial charge in [0.25, 0.3) is 0 Å². The van der Waals surface area contributed by atoms with Gasteiger partial charge in [0.15, 0.2) is 6.10 Å². The third kappa shape index (κ3) is 5.04. The van der Waals surface area contributed by atoms with Gasteiger partial charge >= 0.3 is 6.18 Å². The molecule has 0 fully saturated rings. The molecule has 2 nitrogen and oxygen atoms in total. The predicted octanol–water partition coefficient (Wildman–Crippen LogP) is 3.21. The van der Waals surface area contributed by atoms with Crippen LogP contribution in [0.1, 0.15) is 6.92 Å². The summed E-state index contributed by atoms with van der Waals surface area (Å²) in [5.41, 5.74) is 0.634. The molecule has 0 bridgehead atoms. The third-order valence-electron chi connectivity index (χ3n) is 2.10. The van der Waals surface area contributed by atoms with Crippen LogP contribution >= 0.6 is 0 Å². The number of hydrogen-bond acceptors (Lipinski definition) is 2. The van der Waals surface area contributed by atoms with Crippen LogP contribution in [0.2, 0.25) is 0 Å². The maximum Gasteiger partial charge on any atom is 0.414 e. The zero-order valence-corrected chi connectivity index (χ0v) is 9.22. The summed E-state index contributed by atoms with van der Waals surface area (Å²) in [6.07, 6.45) is -6.12. The largest absolute Gasteiger partial charge is 0.414 e. The Bertz CT molecular complexity index is 336. The molecular weight excluding hydrogens is 238 g/mol. The van der Waals surface area contributed by atoms with E-state index in [-0.39, 0.29) is 19.0 Å². The van der Waals surface area contributed by atoms with Gasteiger partial charge < -0.3 is 10.1 Å². The van der Waals surface area contributed by atoms with Crippen LogP contribution in [-0.4, -0.2) is 25.4 Å². The summed E-state index contributed by atoms with van der Waals surface area (Å²) in [7, 11) is 0. The van der Waals surface area contributed by atoms with Gasteiger partial charge in [0, 0.05) is 12.2 Å². The van der Waals surface area contributed by atoms with Crippen LogP contribution in [0.4, 0.5) is 23.2 Å². The van der Waals surface area contributed by atoms with Crippen molar-refractivity contribution in [3.8, 4) is 0 Å². The number of nitrogens with one attached hydrogen (secondary N) is 1. The first-order valence-electron chi connectivity index (χ1n) is 5.07. The Morgan fingerprint density at radius 2 is 1.82 bits per heavy atom. The first kappa shape index (κ1) is 13.8. The first-order valence-corrected chi connectivity index (χ1v) is 5.07. The summed E-state index contributed by atoms with van der Waals surface area (Å²) in [5.74, 6) is -0.363. The van der Waals surface area contributed by atoms with E-state index < -0.39 is 12.3 Å². The molecule has 6 heteroatoms. The molecule has 0 saturated carbocycles. The maximum atomic E-state index is 12.5. The van der Waals surface area contributed by atoms with Crippen molar-refractivity contribution in [1.29, 1.82) is 0 Å². The predicted molar refractivity (Wildman–Crippen MR) is 56.4 cm³/mol. The zero-order chi connectivity index (χ0) is 12.9. The van der Waals surface area contributed by atoms with Crippen molar-refractivity contribution in [2.75, 3.05) is 18.5 Å². The number of hydrogen-bond donors (Lipinski definition) is 1. The highest BCUT2D eigenvalue weighted by Crippen LogP contribution is 2.22. The van der Waals surface area contributed by atoms with E-state index in [9.17, 15) is 17.6 Å². The number of rotatable bonds is 5. The smallest absolute Gasteiger partial charge is 0.383 e. The van der Waals surface area contributed by atoms with Gasteiger partial charge in [0.2, 0.25) is 0 Å². The second-order valence-electron chi connectivity index (χ2n) is 3.49. The molecule has 0 saturated heterocycles. The van der Waals surface area contributed by atoms with E-state index in [4.69, 9.17) is 0 Å². The molecule has 1 aromatic rings. The van der Waals surface area contributed by atoms with Gasteiger partial charge in [0.1, 0.15) is 5.82 Å². The van der Waals surface area contributed by atoms with Gasteiger partial charge in [-0.3, -0.25) is 0 Å². The molecule has 1 rings (SSSR count). The molecule has 0 aliphatic rings. The van der Waals surface area contributed by atoms with Crippen LogP contribution in [0.3, 0.4) is 0 Å². The Morgan fingerprint density at radius 3 is 2.35 bits per heavy atom. The molecule has 0 aromatic heterocycles. The molecule has 1 N–H and O–H groups in total. The standard InChI is InChI=1S/C11H13F4NO/c1-8(11(13,14)15)17-7-6-16-10-4-2-9(12)3-5-10/h2-5,8,16H,6-7H2,1H3. The SMILES string of the molecule is CC(OCCNc1ccc(F)cc1)C(F)(F)F. The first-order chi connectivity index (χ1) is 7.89. The van der Waals surface area contributed by atoms with Crippen molar-refractivity contribution in [2.45, 2.75) is 19.2 Å². The number of alkyl halides is 3. The maximum absolute atomic E-state index is 12.5. The van der Waals surface area contributed by atoms with Crippen LogP contribution in [0, 0.1) is 5.82 Å². The number of halogens is 4. The van der Waals surface area contributed by atoms with Crippen molar-refractivity contribution in [1.82, 2.24) is 0 Å². The Kier molecular flexibility index (Phi) is 4.74. The van der Waals surface area contributed by atoms with E-state index in [1.54, 1.807) is 0 Å². The van der Waals surface area contributed by atoms with Gasteiger partial charge in [-0.05, 0) is 31.2 Å². The minimum absolute atomic E-state index is 0.0714.